The van der Waals surface area contributed by atoms with Crippen LogP contribution in [0, 0.1) is 0 Å². The number of hydrogen-bond donors (Lipinski definition) is 3. The van der Waals surface area contributed by atoms with Crippen LogP contribution in [0.15, 0.2) is 16.8 Å². The van der Waals surface area contributed by atoms with E-state index in [0.29, 0.717) is 12.6 Å². The number of carbonyl (C=O) groups excluding carboxylic acids is 1. The number of thiophene rings is 1. The Hall–Kier alpha value is -1.11. The van der Waals surface area contributed by atoms with Gasteiger partial charge in [-0.15, -0.1) is 0 Å². The topological polar surface area (TPSA) is 70.6 Å². The van der Waals surface area contributed by atoms with E-state index in [4.69, 9.17) is 4.74 Å². The number of carbonyl (C=O) groups is 1. The summed E-state index contributed by atoms with van der Waals surface area (Å²) in [6, 6.07) is 2.54. The fourth-order valence-electron chi connectivity index (χ4n) is 2.78. The molecule has 0 bridgehead atoms. The lowest BCUT2D eigenvalue weighted by atomic mass is 9.91. The number of aliphatic hydroxyl groups excluding tert-OH is 1. The van der Waals surface area contributed by atoms with Gasteiger partial charge < -0.3 is 20.5 Å². The minimum Gasteiger partial charge on any atom is -0.444 e. The summed E-state index contributed by atoms with van der Waals surface area (Å²) >= 11 is 1.60. The maximum absolute atomic E-state index is 11.8. The summed E-state index contributed by atoms with van der Waals surface area (Å²) in [5, 5.41) is 20.4. The normalized spacial score (nSPS) is 23.3. The molecule has 0 aromatic carbocycles. The molecule has 1 atom stereocenters. The molecule has 3 N–H and O–H groups in total. The van der Waals surface area contributed by atoms with Gasteiger partial charge in [0.1, 0.15) is 5.60 Å². The summed E-state index contributed by atoms with van der Waals surface area (Å²) in [4.78, 5) is 11.8. The monoisotopic (exact) mass is 340 g/mol. The van der Waals surface area contributed by atoms with Gasteiger partial charge in [-0.1, -0.05) is 0 Å². The van der Waals surface area contributed by atoms with E-state index in [-0.39, 0.29) is 12.1 Å². The molecule has 130 valence electrons. The van der Waals surface area contributed by atoms with Gasteiger partial charge in [-0.25, -0.2) is 4.79 Å². The predicted molar refractivity (Wildman–Crippen MR) is 92.7 cm³/mol. The highest BCUT2D eigenvalue weighted by molar-refractivity contribution is 7.07. The van der Waals surface area contributed by atoms with Gasteiger partial charge >= 0.3 is 6.09 Å². The summed E-state index contributed by atoms with van der Waals surface area (Å²) in [5.41, 5.74) is 0.517. The van der Waals surface area contributed by atoms with Crippen LogP contribution < -0.4 is 10.6 Å². The minimum absolute atomic E-state index is 0.185. The molecule has 1 saturated carbocycles. The Morgan fingerprint density at radius 3 is 2.57 bits per heavy atom. The van der Waals surface area contributed by atoms with Gasteiger partial charge in [0.25, 0.3) is 0 Å². The molecule has 0 saturated heterocycles. The molecule has 1 aliphatic carbocycles. The lowest BCUT2D eigenvalue weighted by molar-refractivity contribution is 0.0489. The van der Waals surface area contributed by atoms with E-state index in [0.717, 1.165) is 31.2 Å². The van der Waals surface area contributed by atoms with E-state index in [9.17, 15) is 9.90 Å². The van der Waals surface area contributed by atoms with Gasteiger partial charge in [-0.3, -0.25) is 0 Å². The second-order valence-corrected chi connectivity index (χ2v) is 7.96. The molecule has 5 nitrogen and oxygen atoms in total. The van der Waals surface area contributed by atoms with E-state index in [1.165, 1.54) is 0 Å². The third kappa shape index (κ3) is 6.49. The van der Waals surface area contributed by atoms with E-state index in [2.05, 4.69) is 10.6 Å². The average Bonchev–Trinajstić information content (AvgIpc) is 2.98. The zero-order valence-corrected chi connectivity index (χ0v) is 15.0. The molecule has 2 rings (SSSR count). The summed E-state index contributed by atoms with van der Waals surface area (Å²) in [5.74, 6) is 0. The van der Waals surface area contributed by atoms with E-state index >= 15 is 0 Å². The molecule has 0 radical (unpaired) electrons. The van der Waals surface area contributed by atoms with Gasteiger partial charge in [0.2, 0.25) is 0 Å². The molecule has 6 heteroatoms. The number of amides is 1. The van der Waals surface area contributed by atoms with E-state index in [1.807, 2.05) is 37.6 Å². The molecule has 1 unspecified atom stereocenters. The summed E-state index contributed by atoms with van der Waals surface area (Å²) in [6.45, 7) is 6.18. The molecule has 1 aliphatic rings. The quantitative estimate of drug-likeness (QED) is 0.770. The van der Waals surface area contributed by atoms with Crippen molar-refractivity contribution >= 4 is 17.4 Å². The number of hydrogen-bond acceptors (Lipinski definition) is 5. The fourth-order valence-corrected chi connectivity index (χ4v) is 3.48. The van der Waals surface area contributed by atoms with Crippen molar-refractivity contribution in [3.63, 3.8) is 0 Å². The number of alkyl carbamates (subject to hydrolysis) is 1. The molecule has 1 fully saturated rings. The molecule has 1 aromatic rings. The molecular formula is C17H28N2O3S. The van der Waals surface area contributed by atoms with Crippen LogP contribution >= 0.6 is 11.3 Å². The van der Waals surface area contributed by atoms with Gasteiger partial charge in [0, 0.05) is 18.6 Å². The number of aliphatic hydroxyl groups is 1. The Labute approximate surface area is 142 Å². The molecule has 0 spiro atoms. The molecule has 1 aromatic heterocycles. The van der Waals surface area contributed by atoms with Crippen LogP contribution in [0.25, 0.3) is 0 Å². The van der Waals surface area contributed by atoms with Crippen molar-refractivity contribution in [1.82, 2.24) is 10.6 Å². The molecule has 0 aliphatic heterocycles. The van der Waals surface area contributed by atoms with Crippen LogP contribution in [0.1, 0.15) is 58.1 Å². The van der Waals surface area contributed by atoms with Crippen molar-refractivity contribution in [1.29, 1.82) is 0 Å². The maximum Gasteiger partial charge on any atom is 0.407 e. The Kier molecular flexibility index (Phi) is 6.44. The van der Waals surface area contributed by atoms with Crippen LogP contribution in [0.4, 0.5) is 4.79 Å². The summed E-state index contributed by atoms with van der Waals surface area (Å²) in [6.07, 6.45) is 3.09. The zero-order valence-electron chi connectivity index (χ0n) is 14.2. The second-order valence-electron chi connectivity index (χ2n) is 7.18. The standard InChI is InChI=1S/C17H28N2O3S/c1-17(2,3)22-16(21)19-14-6-4-13(5-7-14)18-10-15(20)12-8-9-23-11-12/h8-9,11,13-15,18,20H,4-7,10H2,1-3H3,(H,19,21). The van der Waals surface area contributed by atoms with Crippen molar-refractivity contribution in [3.8, 4) is 0 Å². The third-order valence-electron chi connectivity index (χ3n) is 3.98. The molecule has 1 heterocycles. The van der Waals surface area contributed by atoms with E-state index in [1.54, 1.807) is 11.3 Å². The van der Waals surface area contributed by atoms with Crippen LogP contribution in [-0.4, -0.2) is 35.4 Å². The van der Waals surface area contributed by atoms with Crippen LogP contribution in [-0.2, 0) is 4.74 Å². The Bertz CT molecular complexity index is 477. The van der Waals surface area contributed by atoms with Gasteiger partial charge in [-0.05, 0) is 68.8 Å². The second kappa shape index (κ2) is 8.13. The molecule has 23 heavy (non-hydrogen) atoms. The highest BCUT2D eigenvalue weighted by atomic mass is 32.1. The zero-order chi connectivity index (χ0) is 16.9. The smallest absolute Gasteiger partial charge is 0.407 e. The highest BCUT2D eigenvalue weighted by Crippen LogP contribution is 2.21. The van der Waals surface area contributed by atoms with Crippen molar-refractivity contribution in [2.24, 2.45) is 0 Å². The van der Waals surface area contributed by atoms with Crippen molar-refractivity contribution in [2.45, 2.75) is 70.2 Å². The average molecular weight is 340 g/mol. The van der Waals surface area contributed by atoms with Crippen molar-refractivity contribution < 1.29 is 14.6 Å². The number of rotatable bonds is 5. The maximum atomic E-state index is 11.8. The SMILES string of the molecule is CC(C)(C)OC(=O)NC1CCC(NCC(O)c2ccsc2)CC1. The van der Waals surface area contributed by atoms with Crippen molar-refractivity contribution in [2.75, 3.05) is 6.54 Å². The van der Waals surface area contributed by atoms with Crippen LogP contribution in [0.2, 0.25) is 0 Å². The third-order valence-corrected chi connectivity index (χ3v) is 4.68. The largest absolute Gasteiger partial charge is 0.444 e. The first-order valence-electron chi connectivity index (χ1n) is 8.26. The first-order chi connectivity index (χ1) is 10.8. The number of ether oxygens (including phenoxy) is 1. The van der Waals surface area contributed by atoms with Crippen LogP contribution in [0.3, 0.4) is 0 Å². The van der Waals surface area contributed by atoms with Crippen LogP contribution in [0.5, 0.6) is 0 Å². The Morgan fingerprint density at radius 1 is 1.35 bits per heavy atom. The fraction of sp³-hybridized carbons (Fsp3) is 0.706. The van der Waals surface area contributed by atoms with Crippen molar-refractivity contribution in [3.05, 3.63) is 22.4 Å². The molecule has 1 amide bonds. The minimum atomic E-state index is -0.458. The lowest BCUT2D eigenvalue weighted by Gasteiger charge is -2.31. The lowest BCUT2D eigenvalue weighted by Crippen LogP contribution is -2.44. The van der Waals surface area contributed by atoms with Gasteiger partial charge in [-0.2, -0.15) is 11.3 Å². The highest BCUT2D eigenvalue weighted by Gasteiger charge is 2.25. The first-order valence-corrected chi connectivity index (χ1v) is 9.21. The predicted octanol–water partition coefficient (Wildman–Crippen LogP) is 3.21. The van der Waals surface area contributed by atoms with Gasteiger partial charge in [0.05, 0.1) is 6.10 Å². The summed E-state index contributed by atoms with van der Waals surface area (Å²) < 4.78 is 5.29. The first kappa shape index (κ1) is 18.2. The van der Waals surface area contributed by atoms with E-state index < -0.39 is 11.7 Å². The Balaban J connectivity index is 1.65. The summed E-state index contributed by atoms with van der Waals surface area (Å²) in [7, 11) is 0. The Morgan fingerprint density at radius 2 is 2.00 bits per heavy atom. The van der Waals surface area contributed by atoms with Gasteiger partial charge in [0.15, 0.2) is 0 Å². The number of nitrogens with one attached hydrogen (secondary N) is 2. The molecular weight excluding hydrogens is 312 g/mol.